The Morgan fingerprint density at radius 1 is 1.19 bits per heavy atom. The van der Waals surface area contributed by atoms with E-state index in [0.717, 1.165) is 18.9 Å². The van der Waals surface area contributed by atoms with Gasteiger partial charge in [0, 0.05) is 29.9 Å². The van der Waals surface area contributed by atoms with Crippen LogP contribution in [-0.4, -0.2) is 49.1 Å². The minimum absolute atomic E-state index is 0.299. The monoisotopic (exact) mass is 374 g/mol. The smallest absolute Gasteiger partial charge is 0.340 e. The molecule has 1 aromatic heterocycles. The van der Waals surface area contributed by atoms with Crippen molar-refractivity contribution in [2.75, 3.05) is 31.2 Å². The Kier molecular flexibility index (Phi) is 5.85. The van der Waals surface area contributed by atoms with Crippen LogP contribution in [0.3, 0.4) is 0 Å². The van der Waals surface area contributed by atoms with Crippen molar-refractivity contribution in [2.24, 2.45) is 0 Å². The predicted octanol–water partition coefficient (Wildman–Crippen LogP) is 3.00. The highest BCUT2D eigenvalue weighted by Gasteiger charge is 2.21. The van der Waals surface area contributed by atoms with Gasteiger partial charge in [-0.3, -0.25) is 4.79 Å². The van der Waals surface area contributed by atoms with Gasteiger partial charge in [0.25, 0.3) is 0 Å². The van der Waals surface area contributed by atoms with Gasteiger partial charge < -0.3 is 14.4 Å². The number of anilines is 1. The van der Waals surface area contributed by atoms with E-state index in [1.807, 2.05) is 0 Å². The van der Waals surface area contributed by atoms with Gasteiger partial charge in [0.15, 0.2) is 6.10 Å². The molecule has 2 aromatic rings. The lowest BCUT2D eigenvalue weighted by Crippen LogP contribution is -2.36. The summed E-state index contributed by atoms with van der Waals surface area (Å²) < 4.78 is 10.6. The molecular formula is C19H19ClN2O4. The molecule has 7 heteroatoms. The molecule has 1 fully saturated rings. The van der Waals surface area contributed by atoms with Crippen LogP contribution in [0.25, 0.3) is 0 Å². The van der Waals surface area contributed by atoms with E-state index in [4.69, 9.17) is 21.1 Å². The number of carbonyl (C=O) groups is 2. The van der Waals surface area contributed by atoms with E-state index in [1.165, 1.54) is 13.1 Å². The Morgan fingerprint density at radius 3 is 2.62 bits per heavy atom. The fraction of sp³-hybridized carbons (Fsp3) is 0.316. The first-order chi connectivity index (χ1) is 12.5. The first-order valence-corrected chi connectivity index (χ1v) is 8.72. The summed E-state index contributed by atoms with van der Waals surface area (Å²) in [5.41, 5.74) is 0.700. The molecular weight excluding hydrogens is 356 g/mol. The van der Waals surface area contributed by atoms with E-state index in [1.54, 1.807) is 36.4 Å². The normalized spacial score (nSPS) is 15.4. The Labute approximate surface area is 156 Å². The van der Waals surface area contributed by atoms with Gasteiger partial charge in [-0.1, -0.05) is 23.7 Å². The van der Waals surface area contributed by atoms with Crippen LogP contribution in [0, 0.1) is 0 Å². The van der Waals surface area contributed by atoms with Crippen LogP contribution < -0.4 is 4.90 Å². The van der Waals surface area contributed by atoms with Crippen LogP contribution in [0.1, 0.15) is 27.6 Å². The molecule has 1 atom stereocenters. The van der Waals surface area contributed by atoms with Crippen molar-refractivity contribution in [3.63, 3.8) is 0 Å². The number of carbonyl (C=O) groups excluding carboxylic acids is 2. The average Bonchev–Trinajstić information content (AvgIpc) is 2.68. The molecule has 1 saturated heterocycles. The van der Waals surface area contributed by atoms with Crippen molar-refractivity contribution in [1.29, 1.82) is 0 Å². The molecule has 6 nitrogen and oxygen atoms in total. The first kappa shape index (κ1) is 18.4. The highest BCUT2D eigenvalue weighted by molar-refractivity contribution is 6.31. The standard InChI is InChI=1S/C19H19ClN2O4/c1-13(18(23)14-3-2-4-16(20)11-14)26-19(24)15-5-6-17(21-12-15)22-7-9-25-10-8-22/h2-6,11-13H,7-10H2,1H3/t13-/m1/s1. The van der Waals surface area contributed by atoms with Gasteiger partial charge >= 0.3 is 5.97 Å². The van der Waals surface area contributed by atoms with E-state index in [2.05, 4.69) is 9.88 Å². The summed E-state index contributed by atoms with van der Waals surface area (Å²) in [6, 6.07) is 9.96. The minimum atomic E-state index is -0.917. The second-order valence-corrected chi connectivity index (χ2v) is 6.36. The molecule has 136 valence electrons. The zero-order valence-electron chi connectivity index (χ0n) is 14.4. The highest BCUT2D eigenvalue weighted by atomic mass is 35.5. The maximum atomic E-state index is 12.4. The molecule has 3 rings (SSSR count). The summed E-state index contributed by atoms with van der Waals surface area (Å²) in [6.07, 6.45) is 0.545. The fourth-order valence-corrected chi connectivity index (χ4v) is 2.84. The average molecular weight is 375 g/mol. The predicted molar refractivity (Wildman–Crippen MR) is 97.9 cm³/mol. The number of rotatable bonds is 5. The lowest BCUT2D eigenvalue weighted by molar-refractivity contribution is 0.0318. The molecule has 0 radical (unpaired) electrons. The minimum Gasteiger partial charge on any atom is -0.451 e. The lowest BCUT2D eigenvalue weighted by Gasteiger charge is -2.27. The molecule has 0 unspecified atom stereocenters. The first-order valence-electron chi connectivity index (χ1n) is 8.34. The molecule has 1 aliphatic heterocycles. The summed E-state index contributed by atoms with van der Waals surface area (Å²) in [5, 5.41) is 0.456. The van der Waals surface area contributed by atoms with Gasteiger partial charge in [-0.2, -0.15) is 0 Å². The number of halogens is 1. The van der Waals surface area contributed by atoms with Crippen molar-refractivity contribution in [3.8, 4) is 0 Å². The Balaban J connectivity index is 1.62. The van der Waals surface area contributed by atoms with Crippen molar-refractivity contribution in [3.05, 3.63) is 58.7 Å². The number of aromatic nitrogens is 1. The molecule has 0 aliphatic carbocycles. The summed E-state index contributed by atoms with van der Waals surface area (Å²) >= 11 is 5.89. The maximum absolute atomic E-state index is 12.4. The number of ketones is 1. The van der Waals surface area contributed by atoms with Crippen molar-refractivity contribution in [2.45, 2.75) is 13.0 Å². The Bertz CT molecular complexity index is 788. The number of nitrogens with zero attached hydrogens (tertiary/aromatic N) is 2. The molecule has 1 aromatic carbocycles. The topological polar surface area (TPSA) is 68.7 Å². The lowest BCUT2D eigenvalue weighted by atomic mass is 10.1. The zero-order chi connectivity index (χ0) is 18.5. The molecule has 0 bridgehead atoms. The van der Waals surface area contributed by atoms with Gasteiger partial charge in [0.05, 0.1) is 18.8 Å². The third-order valence-corrected chi connectivity index (χ3v) is 4.32. The zero-order valence-corrected chi connectivity index (χ0v) is 15.1. The highest BCUT2D eigenvalue weighted by Crippen LogP contribution is 2.16. The number of benzene rings is 1. The van der Waals surface area contributed by atoms with Crippen LogP contribution in [0.2, 0.25) is 5.02 Å². The number of hydrogen-bond donors (Lipinski definition) is 0. The van der Waals surface area contributed by atoms with E-state index in [9.17, 15) is 9.59 Å². The number of pyridine rings is 1. The molecule has 2 heterocycles. The SMILES string of the molecule is C[C@@H](OC(=O)c1ccc(N2CCOCC2)nc1)C(=O)c1cccc(Cl)c1. The van der Waals surface area contributed by atoms with E-state index >= 15 is 0 Å². The van der Waals surface area contributed by atoms with Crippen LogP contribution >= 0.6 is 11.6 Å². The molecule has 0 N–H and O–H groups in total. The number of hydrogen-bond acceptors (Lipinski definition) is 6. The molecule has 0 amide bonds. The summed E-state index contributed by atoms with van der Waals surface area (Å²) in [7, 11) is 0. The number of Topliss-reactive ketones (excluding diaryl/α,β-unsaturated/α-hetero) is 1. The van der Waals surface area contributed by atoms with Gasteiger partial charge in [-0.05, 0) is 31.2 Å². The maximum Gasteiger partial charge on any atom is 0.340 e. The van der Waals surface area contributed by atoms with Crippen LogP contribution in [0.15, 0.2) is 42.6 Å². The van der Waals surface area contributed by atoms with Crippen LogP contribution in [0.5, 0.6) is 0 Å². The van der Waals surface area contributed by atoms with E-state index in [0.29, 0.717) is 29.4 Å². The largest absolute Gasteiger partial charge is 0.451 e. The third kappa shape index (κ3) is 4.39. The Morgan fingerprint density at radius 2 is 1.96 bits per heavy atom. The number of esters is 1. The third-order valence-electron chi connectivity index (χ3n) is 4.08. The summed E-state index contributed by atoms with van der Waals surface area (Å²) in [5.74, 6) is -0.111. The molecule has 0 saturated carbocycles. The summed E-state index contributed by atoms with van der Waals surface area (Å²) in [4.78, 5) is 31.0. The van der Waals surface area contributed by atoms with Gasteiger partial charge in [-0.15, -0.1) is 0 Å². The quantitative estimate of drug-likeness (QED) is 0.592. The Hall–Kier alpha value is -2.44. The van der Waals surface area contributed by atoms with Crippen molar-refractivity contribution < 1.29 is 19.1 Å². The van der Waals surface area contributed by atoms with Crippen molar-refractivity contribution in [1.82, 2.24) is 4.98 Å². The van der Waals surface area contributed by atoms with E-state index in [-0.39, 0.29) is 5.78 Å². The van der Waals surface area contributed by atoms with E-state index < -0.39 is 12.1 Å². The fourth-order valence-electron chi connectivity index (χ4n) is 2.64. The number of morpholine rings is 1. The van der Waals surface area contributed by atoms with Crippen LogP contribution in [-0.2, 0) is 9.47 Å². The van der Waals surface area contributed by atoms with Gasteiger partial charge in [0.2, 0.25) is 5.78 Å². The second-order valence-electron chi connectivity index (χ2n) is 5.93. The van der Waals surface area contributed by atoms with Gasteiger partial charge in [-0.25, -0.2) is 9.78 Å². The number of ether oxygens (including phenoxy) is 2. The van der Waals surface area contributed by atoms with Gasteiger partial charge in [0.1, 0.15) is 5.82 Å². The molecule has 26 heavy (non-hydrogen) atoms. The molecule has 0 spiro atoms. The molecule has 1 aliphatic rings. The van der Waals surface area contributed by atoms with Crippen molar-refractivity contribution >= 4 is 29.2 Å². The summed E-state index contributed by atoms with van der Waals surface area (Å²) in [6.45, 7) is 4.39. The second kappa shape index (κ2) is 8.29. The van der Waals surface area contributed by atoms with Crippen LogP contribution in [0.4, 0.5) is 5.82 Å².